The Morgan fingerprint density at radius 2 is 1.47 bits per heavy atom. The lowest BCUT2D eigenvalue weighted by Crippen LogP contribution is -2.19. The van der Waals surface area contributed by atoms with Crippen molar-refractivity contribution in [2.75, 3.05) is 6.61 Å². The number of hydrogen-bond acceptors (Lipinski definition) is 1. The first-order valence-electron chi connectivity index (χ1n) is 14.7. The van der Waals surface area contributed by atoms with Gasteiger partial charge in [-0.2, -0.15) is 0 Å². The minimum absolute atomic E-state index is 0.581. The zero-order valence-electron chi connectivity index (χ0n) is 22.2. The van der Waals surface area contributed by atoms with E-state index in [1.165, 1.54) is 108 Å². The third kappa shape index (κ3) is 10.3. The summed E-state index contributed by atoms with van der Waals surface area (Å²) in [5.74, 6) is 11.0. The van der Waals surface area contributed by atoms with Gasteiger partial charge in [-0.25, -0.2) is 0 Å². The summed E-state index contributed by atoms with van der Waals surface area (Å²) in [5.41, 5.74) is 1.43. The zero-order chi connectivity index (χ0) is 23.8. The van der Waals surface area contributed by atoms with E-state index in [1.807, 2.05) is 0 Å². The van der Waals surface area contributed by atoms with E-state index in [2.05, 4.69) is 62.1 Å². The number of benzene rings is 1. The average Bonchev–Trinajstić information content (AvgIpc) is 2.88. The van der Waals surface area contributed by atoms with Crippen molar-refractivity contribution in [3.8, 4) is 17.6 Å². The molecular weight excluding hydrogens is 412 g/mol. The smallest absolute Gasteiger partial charge is 0.119 e. The molecule has 2 aliphatic carbocycles. The maximum absolute atomic E-state index is 6.11. The second kappa shape index (κ2) is 16.1. The Balaban J connectivity index is 1.27. The summed E-state index contributed by atoms with van der Waals surface area (Å²) in [4.78, 5) is 0. The van der Waals surface area contributed by atoms with Crippen LogP contribution in [-0.4, -0.2) is 6.61 Å². The fourth-order valence-electron chi connectivity index (χ4n) is 5.72. The molecule has 0 unspecified atom stereocenters. The van der Waals surface area contributed by atoms with Crippen LogP contribution in [0.2, 0.25) is 0 Å². The molecule has 188 valence electrons. The van der Waals surface area contributed by atoms with Crippen LogP contribution in [0.3, 0.4) is 0 Å². The summed E-state index contributed by atoms with van der Waals surface area (Å²) < 4.78 is 6.11. The van der Waals surface area contributed by atoms with E-state index in [0.29, 0.717) is 11.8 Å². The number of hydrogen-bond donors (Lipinski definition) is 0. The van der Waals surface area contributed by atoms with Crippen LogP contribution < -0.4 is 4.74 Å². The van der Waals surface area contributed by atoms with E-state index in [0.717, 1.165) is 24.2 Å². The molecule has 0 N–H and O–H groups in total. The van der Waals surface area contributed by atoms with E-state index < -0.39 is 0 Å². The first-order valence-corrected chi connectivity index (χ1v) is 14.7. The summed E-state index contributed by atoms with van der Waals surface area (Å²) in [6.45, 7) is 5.42. The van der Waals surface area contributed by atoms with Gasteiger partial charge in [0.1, 0.15) is 5.75 Å². The van der Waals surface area contributed by atoms with Gasteiger partial charge >= 0.3 is 0 Å². The third-order valence-electron chi connectivity index (χ3n) is 8.17. The monoisotopic (exact) mass is 462 g/mol. The summed E-state index contributed by atoms with van der Waals surface area (Å²) in [6.07, 6.45) is 25.9. The van der Waals surface area contributed by atoms with Crippen LogP contribution in [-0.2, 0) is 6.42 Å². The van der Waals surface area contributed by atoms with Crippen LogP contribution in [0, 0.1) is 35.5 Å². The van der Waals surface area contributed by atoms with Gasteiger partial charge in [-0.3, -0.25) is 0 Å². The molecule has 2 aliphatic rings. The Morgan fingerprint density at radius 1 is 0.794 bits per heavy atom. The Morgan fingerprint density at radius 3 is 2.18 bits per heavy atom. The van der Waals surface area contributed by atoms with Crippen molar-refractivity contribution in [2.45, 2.75) is 117 Å². The van der Waals surface area contributed by atoms with Crippen molar-refractivity contribution in [3.05, 3.63) is 42.0 Å². The van der Waals surface area contributed by atoms with Crippen molar-refractivity contribution >= 4 is 0 Å². The number of aryl methyl sites for hydroxylation is 1. The Labute approximate surface area is 211 Å². The second-order valence-corrected chi connectivity index (χ2v) is 11.1. The average molecular weight is 463 g/mol. The van der Waals surface area contributed by atoms with Gasteiger partial charge in [0.15, 0.2) is 0 Å². The lowest BCUT2D eigenvalue weighted by Gasteiger charge is -2.26. The molecule has 0 bridgehead atoms. The van der Waals surface area contributed by atoms with Crippen molar-refractivity contribution in [1.82, 2.24) is 0 Å². The molecule has 0 amide bonds. The number of rotatable bonds is 12. The van der Waals surface area contributed by atoms with Crippen molar-refractivity contribution in [3.63, 3.8) is 0 Å². The minimum atomic E-state index is 0.581. The van der Waals surface area contributed by atoms with E-state index in [1.54, 1.807) is 0 Å². The molecule has 0 saturated heterocycles. The minimum Gasteiger partial charge on any atom is -0.493 e. The highest BCUT2D eigenvalue weighted by molar-refractivity contribution is 5.27. The Kier molecular flexibility index (Phi) is 12.7. The highest BCUT2D eigenvalue weighted by Crippen LogP contribution is 2.33. The van der Waals surface area contributed by atoms with Gasteiger partial charge in [0.25, 0.3) is 0 Å². The second-order valence-electron chi connectivity index (χ2n) is 11.1. The van der Waals surface area contributed by atoms with E-state index >= 15 is 0 Å². The molecule has 3 rings (SSSR count). The Hall–Kier alpha value is -1.68. The molecule has 1 aromatic rings. The van der Waals surface area contributed by atoms with Crippen LogP contribution in [0.4, 0.5) is 0 Å². The molecule has 2 fully saturated rings. The largest absolute Gasteiger partial charge is 0.493 e. The fourth-order valence-corrected chi connectivity index (χ4v) is 5.72. The van der Waals surface area contributed by atoms with Crippen LogP contribution in [0.1, 0.15) is 116 Å². The predicted octanol–water partition coefficient (Wildman–Crippen LogP) is 9.55. The number of ether oxygens (including phenoxy) is 1. The lowest BCUT2D eigenvalue weighted by atomic mass is 9.79. The van der Waals surface area contributed by atoms with Gasteiger partial charge in [-0.05, 0) is 106 Å². The summed E-state index contributed by atoms with van der Waals surface area (Å²) in [6, 6.07) is 8.79. The lowest BCUT2D eigenvalue weighted by molar-refractivity contribution is 0.196. The quantitative estimate of drug-likeness (QED) is 0.222. The van der Waals surface area contributed by atoms with Gasteiger partial charge in [0, 0.05) is 5.92 Å². The number of unbranched alkanes of at least 4 members (excludes halogenated alkanes) is 4. The molecular formula is C33H50O. The van der Waals surface area contributed by atoms with Crippen molar-refractivity contribution in [2.24, 2.45) is 23.7 Å². The van der Waals surface area contributed by atoms with Crippen molar-refractivity contribution in [1.29, 1.82) is 0 Å². The normalized spacial score (nSPS) is 25.1. The maximum Gasteiger partial charge on any atom is 0.119 e. The molecule has 0 aromatic heterocycles. The molecule has 0 atom stereocenters. The standard InChI is InChI=1S/C33H50O/c1-3-5-7-11-28-15-17-29(18-16-28)13-9-10-14-30-19-21-32(22-20-30)27-34-33-25-23-31(24-26-33)12-8-6-4-2/h9,13,23-26,28-30,32H,3-8,11-12,15-22,27H2,1-2H3/t28-,29-,30?,32?. The highest BCUT2D eigenvalue weighted by atomic mass is 16.5. The van der Waals surface area contributed by atoms with Gasteiger partial charge in [0.05, 0.1) is 6.61 Å². The Bertz CT molecular complexity index is 733. The van der Waals surface area contributed by atoms with Crippen LogP contribution in [0.15, 0.2) is 36.4 Å². The SMILES string of the molecule is CCCCCc1ccc(OCC2CCC(C#CC=C[C@H]3CC[C@H](CCCCC)CC3)CC2)cc1. The molecule has 0 heterocycles. The first kappa shape index (κ1) is 26.9. The van der Waals surface area contributed by atoms with Gasteiger partial charge in [0.2, 0.25) is 0 Å². The van der Waals surface area contributed by atoms with Crippen LogP contribution in [0.25, 0.3) is 0 Å². The van der Waals surface area contributed by atoms with E-state index in [-0.39, 0.29) is 0 Å². The van der Waals surface area contributed by atoms with Gasteiger partial charge in [-0.15, -0.1) is 0 Å². The van der Waals surface area contributed by atoms with Gasteiger partial charge < -0.3 is 4.74 Å². The molecule has 1 nitrogen and oxygen atoms in total. The molecule has 0 aliphatic heterocycles. The van der Waals surface area contributed by atoms with Crippen LogP contribution >= 0.6 is 0 Å². The number of allylic oxidation sites excluding steroid dienone is 2. The predicted molar refractivity (Wildman–Crippen MR) is 147 cm³/mol. The summed E-state index contributed by atoms with van der Waals surface area (Å²) >= 11 is 0. The fraction of sp³-hybridized carbons (Fsp3) is 0.697. The molecule has 0 spiro atoms. The van der Waals surface area contributed by atoms with Crippen molar-refractivity contribution < 1.29 is 4.74 Å². The third-order valence-corrected chi connectivity index (χ3v) is 8.17. The molecule has 1 heteroatoms. The summed E-state index contributed by atoms with van der Waals surface area (Å²) in [5, 5.41) is 0. The van der Waals surface area contributed by atoms with E-state index in [9.17, 15) is 0 Å². The topological polar surface area (TPSA) is 9.23 Å². The summed E-state index contributed by atoms with van der Waals surface area (Å²) in [7, 11) is 0. The maximum atomic E-state index is 6.11. The van der Waals surface area contributed by atoms with Crippen LogP contribution in [0.5, 0.6) is 5.75 Å². The van der Waals surface area contributed by atoms with E-state index in [4.69, 9.17) is 4.74 Å². The zero-order valence-corrected chi connectivity index (χ0v) is 22.2. The van der Waals surface area contributed by atoms with Gasteiger partial charge in [-0.1, -0.05) is 82.4 Å². The molecule has 1 aromatic carbocycles. The molecule has 0 radical (unpaired) electrons. The molecule has 2 saturated carbocycles. The first-order chi connectivity index (χ1) is 16.8. The molecule has 34 heavy (non-hydrogen) atoms. The highest BCUT2D eigenvalue weighted by Gasteiger charge is 2.21.